The topological polar surface area (TPSA) is 82.2 Å². The summed E-state index contributed by atoms with van der Waals surface area (Å²) in [6.07, 6.45) is 2.86. The highest BCUT2D eigenvalue weighted by Gasteiger charge is 2.09. The molecule has 0 fully saturated rings. The van der Waals surface area contributed by atoms with Crippen LogP contribution in [0.25, 0.3) is 0 Å². The Kier molecular flexibility index (Phi) is 4.11. The van der Waals surface area contributed by atoms with Crippen molar-refractivity contribution in [1.29, 1.82) is 0 Å². The quantitative estimate of drug-likeness (QED) is 0.696. The summed E-state index contributed by atoms with van der Waals surface area (Å²) < 4.78 is 6.54. The molecule has 6 nitrogen and oxygen atoms in total. The first-order valence-electron chi connectivity index (χ1n) is 4.72. The Labute approximate surface area is 88.4 Å². The summed E-state index contributed by atoms with van der Waals surface area (Å²) in [6.45, 7) is 2.80. The zero-order chi connectivity index (χ0) is 11.3. The fourth-order valence-corrected chi connectivity index (χ4v) is 1.05. The minimum absolute atomic E-state index is 0.127. The number of anilines is 1. The highest BCUT2D eigenvalue weighted by atomic mass is 16.5. The van der Waals surface area contributed by atoms with Gasteiger partial charge in [0.1, 0.15) is 6.10 Å². The average Bonchev–Trinajstić information content (AvgIpc) is 2.63. The van der Waals surface area contributed by atoms with Crippen molar-refractivity contribution in [2.24, 2.45) is 0 Å². The molecule has 1 aromatic heterocycles. The molecule has 1 heterocycles. The van der Waals surface area contributed by atoms with Gasteiger partial charge in [-0.2, -0.15) is 5.10 Å². The number of hydrogen-bond donors (Lipinski definition) is 2. The summed E-state index contributed by atoms with van der Waals surface area (Å²) in [7, 11) is 1.50. The molecule has 15 heavy (non-hydrogen) atoms. The lowest BCUT2D eigenvalue weighted by atomic mass is 10.4. The van der Waals surface area contributed by atoms with E-state index >= 15 is 0 Å². The normalized spacial score (nSPS) is 12.4. The number of aromatic nitrogens is 2. The number of rotatable bonds is 5. The summed E-state index contributed by atoms with van der Waals surface area (Å²) in [5, 5.41) is 6.71. The molecule has 0 saturated heterocycles. The number of ether oxygens (including phenoxy) is 1. The lowest BCUT2D eigenvalue weighted by Gasteiger charge is -2.09. The fraction of sp³-hybridized carbons (Fsp3) is 0.556. The summed E-state index contributed by atoms with van der Waals surface area (Å²) in [4.78, 5) is 11.3. The van der Waals surface area contributed by atoms with Crippen molar-refractivity contribution in [3.63, 3.8) is 0 Å². The number of nitrogens with one attached hydrogen (secondary N) is 1. The third kappa shape index (κ3) is 3.59. The van der Waals surface area contributed by atoms with Gasteiger partial charge in [0.2, 0.25) is 5.91 Å². The second kappa shape index (κ2) is 5.35. The molecule has 0 spiro atoms. The molecule has 1 rings (SSSR count). The number of nitrogens with two attached hydrogens (primary N) is 1. The largest absolute Gasteiger partial charge is 0.396 e. The lowest BCUT2D eigenvalue weighted by molar-refractivity contribution is -0.130. The van der Waals surface area contributed by atoms with Crippen molar-refractivity contribution in [3.8, 4) is 0 Å². The van der Waals surface area contributed by atoms with Crippen LogP contribution in [-0.4, -0.2) is 35.4 Å². The molecule has 0 aromatic carbocycles. The van der Waals surface area contributed by atoms with E-state index < -0.39 is 6.10 Å². The van der Waals surface area contributed by atoms with Gasteiger partial charge in [0.25, 0.3) is 0 Å². The second-order valence-electron chi connectivity index (χ2n) is 3.21. The number of carbonyl (C=O) groups is 1. The first-order chi connectivity index (χ1) is 7.13. The molecule has 0 radical (unpaired) electrons. The van der Waals surface area contributed by atoms with Gasteiger partial charge in [-0.3, -0.25) is 9.48 Å². The highest BCUT2D eigenvalue weighted by molar-refractivity contribution is 5.80. The van der Waals surface area contributed by atoms with Crippen molar-refractivity contribution in [2.45, 2.75) is 19.6 Å². The van der Waals surface area contributed by atoms with E-state index in [9.17, 15) is 4.79 Å². The van der Waals surface area contributed by atoms with Crippen LogP contribution >= 0.6 is 0 Å². The van der Waals surface area contributed by atoms with Gasteiger partial charge in [-0.1, -0.05) is 0 Å². The Balaban J connectivity index is 2.24. The standard InChI is InChI=1S/C9H16N4O2/c1-7(15-2)9(14)11-3-4-13-6-8(10)5-12-13/h5-7H,3-4,10H2,1-2H3,(H,11,14). The Morgan fingerprint density at radius 2 is 2.53 bits per heavy atom. The molecular formula is C9H16N4O2. The summed E-state index contributed by atoms with van der Waals surface area (Å²) in [5.74, 6) is -0.127. The first kappa shape index (κ1) is 11.5. The molecule has 6 heteroatoms. The zero-order valence-electron chi connectivity index (χ0n) is 8.93. The van der Waals surface area contributed by atoms with Crippen LogP contribution in [0.15, 0.2) is 12.4 Å². The SMILES string of the molecule is COC(C)C(=O)NCCn1cc(N)cn1. The number of methoxy groups -OCH3 is 1. The van der Waals surface area contributed by atoms with E-state index in [0.717, 1.165) is 0 Å². The number of hydrogen-bond acceptors (Lipinski definition) is 4. The Hall–Kier alpha value is -1.56. The Morgan fingerprint density at radius 3 is 3.07 bits per heavy atom. The van der Waals surface area contributed by atoms with Crippen molar-refractivity contribution in [1.82, 2.24) is 15.1 Å². The van der Waals surface area contributed by atoms with Gasteiger partial charge >= 0.3 is 0 Å². The molecule has 0 aliphatic carbocycles. The third-order valence-electron chi connectivity index (χ3n) is 2.02. The Morgan fingerprint density at radius 1 is 1.80 bits per heavy atom. The third-order valence-corrected chi connectivity index (χ3v) is 2.02. The van der Waals surface area contributed by atoms with Crippen LogP contribution in [0.3, 0.4) is 0 Å². The maximum atomic E-state index is 11.3. The molecule has 1 atom stereocenters. The predicted molar refractivity (Wildman–Crippen MR) is 56.1 cm³/mol. The van der Waals surface area contributed by atoms with Gasteiger partial charge in [-0.15, -0.1) is 0 Å². The molecule has 3 N–H and O–H groups in total. The summed E-state index contributed by atoms with van der Waals surface area (Å²) in [6, 6.07) is 0. The van der Waals surface area contributed by atoms with E-state index in [1.165, 1.54) is 7.11 Å². The van der Waals surface area contributed by atoms with Gasteiger partial charge in [0.05, 0.1) is 18.4 Å². The maximum absolute atomic E-state index is 11.3. The molecule has 1 unspecified atom stereocenters. The summed E-state index contributed by atoms with van der Waals surface area (Å²) >= 11 is 0. The van der Waals surface area contributed by atoms with E-state index in [0.29, 0.717) is 18.8 Å². The number of amides is 1. The number of nitrogens with zero attached hydrogens (tertiary/aromatic N) is 2. The molecule has 1 amide bonds. The van der Waals surface area contributed by atoms with Gasteiger partial charge in [-0.05, 0) is 6.92 Å². The van der Waals surface area contributed by atoms with Crippen molar-refractivity contribution in [3.05, 3.63) is 12.4 Å². The van der Waals surface area contributed by atoms with Gasteiger partial charge in [-0.25, -0.2) is 0 Å². The van der Waals surface area contributed by atoms with Gasteiger partial charge in [0, 0.05) is 19.9 Å². The van der Waals surface area contributed by atoms with Crippen LogP contribution in [0, 0.1) is 0 Å². The van der Waals surface area contributed by atoms with E-state index in [1.54, 1.807) is 24.0 Å². The van der Waals surface area contributed by atoms with Crippen LogP contribution < -0.4 is 11.1 Å². The highest BCUT2D eigenvalue weighted by Crippen LogP contribution is 1.96. The average molecular weight is 212 g/mol. The van der Waals surface area contributed by atoms with Crippen LogP contribution in [-0.2, 0) is 16.1 Å². The molecule has 0 bridgehead atoms. The van der Waals surface area contributed by atoms with E-state index in [-0.39, 0.29) is 5.91 Å². The molecule has 0 aliphatic heterocycles. The minimum Gasteiger partial charge on any atom is -0.396 e. The molecule has 1 aromatic rings. The Bertz CT molecular complexity index is 324. The van der Waals surface area contributed by atoms with E-state index in [4.69, 9.17) is 10.5 Å². The maximum Gasteiger partial charge on any atom is 0.248 e. The monoisotopic (exact) mass is 212 g/mol. The van der Waals surface area contributed by atoms with Crippen LogP contribution in [0.1, 0.15) is 6.92 Å². The molecule has 84 valence electrons. The first-order valence-corrected chi connectivity index (χ1v) is 4.72. The predicted octanol–water partition coefficient (Wildman–Crippen LogP) is -0.384. The molecule has 0 saturated carbocycles. The van der Waals surface area contributed by atoms with E-state index in [2.05, 4.69) is 10.4 Å². The minimum atomic E-state index is -0.423. The zero-order valence-corrected chi connectivity index (χ0v) is 8.93. The van der Waals surface area contributed by atoms with E-state index in [1.807, 2.05) is 0 Å². The molecular weight excluding hydrogens is 196 g/mol. The summed E-state index contributed by atoms with van der Waals surface area (Å²) in [5.41, 5.74) is 6.11. The van der Waals surface area contributed by atoms with Crippen LogP contribution in [0.4, 0.5) is 5.69 Å². The molecule has 0 aliphatic rings. The van der Waals surface area contributed by atoms with Crippen molar-refractivity contribution < 1.29 is 9.53 Å². The lowest BCUT2D eigenvalue weighted by Crippen LogP contribution is -2.35. The smallest absolute Gasteiger partial charge is 0.248 e. The van der Waals surface area contributed by atoms with Gasteiger partial charge in [0.15, 0.2) is 0 Å². The number of nitrogen functional groups attached to an aromatic ring is 1. The van der Waals surface area contributed by atoms with Crippen molar-refractivity contribution >= 4 is 11.6 Å². The fourth-order valence-electron chi connectivity index (χ4n) is 1.05. The van der Waals surface area contributed by atoms with Crippen molar-refractivity contribution in [2.75, 3.05) is 19.4 Å². The second-order valence-corrected chi connectivity index (χ2v) is 3.21. The number of carbonyl (C=O) groups excluding carboxylic acids is 1. The van der Waals surface area contributed by atoms with Crippen LogP contribution in [0.2, 0.25) is 0 Å². The van der Waals surface area contributed by atoms with Gasteiger partial charge < -0.3 is 15.8 Å². The van der Waals surface area contributed by atoms with Crippen LogP contribution in [0.5, 0.6) is 0 Å².